The Morgan fingerprint density at radius 3 is 3.19 bits per heavy atom. The number of allylic oxidation sites excluding steroid dienone is 1. The standard InChI is InChI=1S/C15H12N4O2/c20-15(11-5-6-13-14(9-11)17-10-16-13)19-18-7-1-3-12-4-2-8-21-12/h1-10H,(H,16,17)(H,19,20). The lowest BCUT2D eigenvalue weighted by Crippen LogP contribution is -2.17. The first-order chi connectivity index (χ1) is 10.3. The van der Waals surface area contributed by atoms with Gasteiger partial charge >= 0.3 is 0 Å². The molecule has 6 nitrogen and oxygen atoms in total. The van der Waals surface area contributed by atoms with Crippen LogP contribution in [0.3, 0.4) is 0 Å². The third-order valence-electron chi connectivity index (χ3n) is 2.81. The largest absolute Gasteiger partial charge is 0.465 e. The maximum Gasteiger partial charge on any atom is 0.271 e. The van der Waals surface area contributed by atoms with Crippen molar-refractivity contribution in [1.29, 1.82) is 0 Å². The van der Waals surface area contributed by atoms with Crippen molar-refractivity contribution in [2.45, 2.75) is 0 Å². The topological polar surface area (TPSA) is 83.3 Å². The molecule has 2 aromatic heterocycles. The van der Waals surface area contributed by atoms with Crippen molar-refractivity contribution in [3.63, 3.8) is 0 Å². The number of hydrazone groups is 1. The summed E-state index contributed by atoms with van der Waals surface area (Å²) in [6.07, 6.45) is 8.08. The molecule has 0 unspecified atom stereocenters. The van der Waals surface area contributed by atoms with Gasteiger partial charge in [-0.1, -0.05) is 0 Å². The Hall–Kier alpha value is -3.15. The molecule has 104 valence electrons. The number of amides is 1. The van der Waals surface area contributed by atoms with Gasteiger partial charge in [0.2, 0.25) is 0 Å². The molecule has 0 aliphatic heterocycles. The van der Waals surface area contributed by atoms with Gasteiger partial charge in [0.15, 0.2) is 0 Å². The smallest absolute Gasteiger partial charge is 0.271 e. The van der Waals surface area contributed by atoms with Crippen LogP contribution < -0.4 is 5.43 Å². The summed E-state index contributed by atoms with van der Waals surface area (Å²) >= 11 is 0. The van der Waals surface area contributed by atoms with Crippen LogP contribution in [0.2, 0.25) is 0 Å². The van der Waals surface area contributed by atoms with E-state index in [1.54, 1.807) is 49.0 Å². The van der Waals surface area contributed by atoms with E-state index in [4.69, 9.17) is 4.42 Å². The molecular formula is C15H12N4O2. The highest BCUT2D eigenvalue weighted by Gasteiger charge is 2.05. The Bertz CT molecular complexity index is 800. The SMILES string of the molecule is O=C(NN=CC=Cc1ccco1)c1ccc2nc[nH]c2c1. The summed E-state index contributed by atoms with van der Waals surface area (Å²) in [6, 6.07) is 8.83. The third kappa shape index (κ3) is 3.06. The van der Waals surface area contributed by atoms with E-state index in [0.717, 1.165) is 16.8 Å². The van der Waals surface area contributed by atoms with Gasteiger partial charge in [-0.25, -0.2) is 10.4 Å². The molecule has 1 aromatic carbocycles. The monoisotopic (exact) mass is 280 g/mol. The van der Waals surface area contributed by atoms with Crippen LogP contribution >= 0.6 is 0 Å². The molecule has 0 bridgehead atoms. The number of furan rings is 1. The van der Waals surface area contributed by atoms with Crippen molar-refractivity contribution >= 4 is 29.2 Å². The molecule has 1 amide bonds. The Labute approximate surface area is 120 Å². The first-order valence-corrected chi connectivity index (χ1v) is 6.29. The number of hydrogen-bond acceptors (Lipinski definition) is 4. The summed E-state index contributed by atoms with van der Waals surface area (Å²) in [6.45, 7) is 0. The van der Waals surface area contributed by atoms with Crippen LogP contribution in [0, 0.1) is 0 Å². The molecule has 2 heterocycles. The molecule has 3 aromatic rings. The van der Waals surface area contributed by atoms with E-state index in [0.29, 0.717) is 5.56 Å². The van der Waals surface area contributed by atoms with Crippen molar-refractivity contribution in [2.24, 2.45) is 5.10 Å². The molecule has 0 saturated heterocycles. The molecule has 0 atom stereocenters. The molecule has 0 radical (unpaired) electrons. The van der Waals surface area contributed by atoms with Crippen LogP contribution in [-0.4, -0.2) is 22.1 Å². The molecule has 0 aliphatic carbocycles. The highest BCUT2D eigenvalue weighted by Crippen LogP contribution is 2.11. The zero-order valence-corrected chi connectivity index (χ0v) is 11.0. The zero-order chi connectivity index (χ0) is 14.5. The van der Waals surface area contributed by atoms with E-state index < -0.39 is 0 Å². The number of nitrogens with one attached hydrogen (secondary N) is 2. The van der Waals surface area contributed by atoms with E-state index in [1.165, 1.54) is 6.21 Å². The van der Waals surface area contributed by atoms with Crippen molar-refractivity contribution < 1.29 is 9.21 Å². The van der Waals surface area contributed by atoms with Crippen LogP contribution in [0.5, 0.6) is 0 Å². The summed E-state index contributed by atoms with van der Waals surface area (Å²) in [5.74, 6) is 0.437. The molecule has 2 N–H and O–H groups in total. The predicted molar refractivity (Wildman–Crippen MR) is 79.8 cm³/mol. The van der Waals surface area contributed by atoms with Gasteiger partial charge in [-0.2, -0.15) is 5.10 Å². The fraction of sp³-hybridized carbons (Fsp3) is 0. The molecule has 0 spiro atoms. The normalized spacial score (nSPS) is 11.6. The molecule has 3 rings (SSSR count). The van der Waals surface area contributed by atoms with E-state index in [-0.39, 0.29) is 5.91 Å². The zero-order valence-electron chi connectivity index (χ0n) is 11.0. The van der Waals surface area contributed by atoms with Gasteiger partial charge in [0.25, 0.3) is 5.91 Å². The minimum absolute atomic E-state index is 0.283. The minimum Gasteiger partial charge on any atom is -0.465 e. The van der Waals surface area contributed by atoms with Crippen LogP contribution in [-0.2, 0) is 0 Å². The number of rotatable bonds is 4. The highest BCUT2D eigenvalue weighted by molar-refractivity contribution is 5.97. The number of carbonyl (C=O) groups excluding carboxylic acids is 1. The van der Waals surface area contributed by atoms with Gasteiger partial charge in [0, 0.05) is 11.8 Å². The molecule has 0 saturated carbocycles. The number of aromatic nitrogens is 2. The average Bonchev–Trinajstić information content (AvgIpc) is 3.17. The maximum atomic E-state index is 11.9. The van der Waals surface area contributed by atoms with Crippen molar-refractivity contribution in [1.82, 2.24) is 15.4 Å². The van der Waals surface area contributed by atoms with E-state index in [9.17, 15) is 4.79 Å². The van der Waals surface area contributed by atoms with Gasteiger partial charge in [0.1, 0.15) is 5.76 Å². The van der Waals surface area contributed by atoms with Crippen molar-refractivity contribution in [3.8, 4) is 0 Å². The molecule has 0 aliphatic rings. The molecule has 0 fully saturated rings. The van der Waals surface area contributed by atoms with Crippen LogP contribution in [0.25, 0.3) is 17.1 Å². The highest BCUT2D eigenvalue weighted by atomic mass is 16.3. The Morgan fingerprint density at radius 1 is 1.38 bits per heavy atom. The van der Waals surface area contributed by atoms with Crippen LogP contribution in [0.15, 0.2) is 58.5 Å². The Kier molecular flexibility index (Phi) is 3.60. The fourth-order valence-electron chi connectivity index (χ4n) is 1.80. The molecular weight excluding hydrogens is 268 g/mol. The van der Waals surface area contributed by atoms with Crippen molar-refractivity contribution in [2.75, 3.05) is 0 Å². The van der Waals surface area contributed by atoms with Crippen molar-refractivity contribution in [3.05, 3.63) is 60.3 Å². The number of aromatic amines is 1. The second kappa shape index (κ2) is 5.87. The lowest BCUT2D eigenvalue weighted by Gasteiger charge is -1.98. The summed E-state index contributed by atoms with van der Waals surface area (Å²) < 4.78 is 5.12. The maximum absolute atomic E-state index is 11.9. The number of fused-ring (bicyclic) bond motifs is 1. The van der Waals surface area contributed by atoms with Gasteiger partial charge in [-0.15, -0.1) is 0 Å². The van der Waals surface area contributed by atoms with Crippen LogP contribution in [0.1, 0.15) is 16.1 Å². The Morgan fingerprint density at radius 2 is 2.33 bits per heavy atom. The van der Waals surface area contributed by atoms with Gasteiger partial charge in [-0.3, -0.25) is 4.79 Å². The second-order valence-corrected chi connectivity index (χ2v) is 4.23. The van der Waals surface area contributed by atoms with E-state index in [1.807, 2.05) is 6.07 Å². The van der Waals surface area contributed by atoms with Gasteiger partial charge < -0.3 is 9.40 Å². The second-order valence-electron chi connectivity index (χ2n) is 4.23. The number of hydrogen-bond donors (Lipinski definition) is 2. The van der Waals surface area contributed by atoms with E-state index >= 15 is 0 Å². The van der Waals surface area contributed by atoms with E-state index in [2.05, 4.69) is 20.5 Å². The summed E-state index contributed by atoms with van der Waals surface area (Å²) in [5, 5.41) is 3.84. The first kappa shape index (κ1) is 12.9. The van der Waals surface area contributed by atoms with Crippen LogP contribution in [0.4, 0.5) is 0 Å². The fourth-order valence-corrected chi connectivity index (χ4v) is 1.80. The molecule has 21 heavy (non-hydrogen) atoms. The Balaban J connectivity index is 1.60. The summed E-state index contributed by atoms with van der Waals surface area (Å²) in [5.41, 5.74) is 4.59. The summed E-state index contributed by atoms with van der Waals surface area (Å²) in [7, 11) is 0. The number of nitrogens with zero attached hydrogens (tertiary/aromatic N) is 2. The predicted octanol–water partition coefficient (Wildman–Crippen LogP) is 2.58. The lowest BCUT2D eigenvalue weighted by atomic mass is 10.2. The van der Waals surface area contributed by atoms with Gasteiger partial charge in [0.05, 0.1) is 23.6 Å². The number of imidazole rings is 1. The first-order valence-electron chi connectivity index (χ1n) is 6.29. The average molecular weight is 280 g/mol. The number of carbonyl (C=O) groups is 1. The third-order valence-corrected chi connectivity index (χ3v) is 2.81. The quantitative estimate of drug-likeness (QED) is 0.569. The van der Waals surface area contributed by atoms with Gasteiger partial charge in [-0.05, 0) is 42.5 Å². The minimum atomic E-state index is -0.283. The summed E-state index contributed by atoms with van der Waals surface area (Å²) in [4.78, 5) is 19.0. The number of H-pyrrole nitrogens is 1. The molecule has 6 heteroatoms. The lowest BCUT2D eigenvalue weighted by molar-refractivity contribution is 0.0955. The number of benzene rings is 1.